The molecule has 1 fully saturated rings. The first-order valence-electron chi connectivity index (χ1n) is 9.57. The average Bonchev–Trinajstić information content (AvgIpc) is 2.67. The van der Waals surface area contributed by atoms with E-state index in [9.17, 15) is 9.59 Å². The molecule has 1 heterocycles. The molecule has 0 aromatic heterocycles. The lowest BCUT2D eigenvalue weighted by Gasteiger charge is -2.38. The molecular formula is C22H26ClN3O2. The molecule has 2 aromatic rings. The number of nitrogens with one attached hydrogen (secondary N) is 1. The molecule has 0 bridgehead atoms. The summed E-state index contributed by atoms with van der Waals surface area (Å²) in [6.45, 7) is 8.44. The number of carbonyl (C=O) groups is 2. The highest BCUT2D eigenvalue weighted by atomic mass is 35.5. The summed E-state index contributed by atoms with van der Waals surface area (Å²) in [5, 5.41) is 3.59. The molecule has 148 valence electrons. The van der Waals surface area contributed by atoms with Crippen LogP contribution in [0.15, 0.2) is 42.5 Å². The zero-order valence-electron chi connectivity index (χ0n) is 16.5. The second kappa shape index (κ2) is 8.65. The lowest BCUT2D eigenvalue weighted by molar-refractivity contribution is -0.134. The molecule has 2 amide bonds. The van der Waals surface area contributed by atoms with Crippen molar-refractivity contribution in [1.29, 1.82) is 0 Å². The summed E-state index contributed by atoms with van der Waals surface area (Å²) < 4.78 is 0. The molecule has 0 aliphatic carbocycles. The number of rotatable bonds is 4. The van der Waals surface area contributed by atoms with Crippen LogP contribution < -0.4 is 10.2 Å². The van der Waals surface area contributed by atoms with Crippen molar-refractivity contribution < 1.29 is 9.59 Å². The first kappa shape index (κ1) is 20.2. The number of halogens is 1. The molecule has 0 spiro atoms. The van der Waals surface area contributed by atoms with Crippen molar-refractivity contribution in [2.45, 2.75) is 20.8 Å². The number of nitrogens with zero attached hydrogens (tertiary/aromatic N) is 2. The van der Waals surface area contributed by atoms with Gasteiger partial charge in [0.05, 0.1) is 16.4 Å². The topological polar surface area (TPSA) is 52.7 Å². The Kier molecular flexibility index (Phi) is 6.25. The van der Waals surface area contributed by atoms with Gasteiger partial charge in [0.2, 0.25) is 5.91 Å². The van der Waals surface area contributed by atoms with Crippen molar-refractivity contribution in [3.05, 3.63) is 58.6 Å². The number of hydrogen-bond acceptors (Lipinski definition) is 3. The van der Waals surface area contributed by atoms with Gasteiger partial charge in [-0.3, -0.25) is 9.59 Å². The molecule has 6 heteroatoms. The summed E-state index contributed by atoms with van der Waals surface area (Å²) in [6, 6.07) is 13.0. The Balaban J connectivity index is 1.78. The minimum absolute atomic E-state index is 0.00367. The fourth-order valence-electron chi connectivity index (χ4n) is 3.43. The summed E-state index contributed by atoms with van der Waals surface area (Å²) in [7, 11) is 0. The van der Waals surface area contributed by atoms with E-state index in [2.05, 4.69) is 10.2 Å². The Morgan fingerprint density at radius 1 is 1.04 bits per heavy atom. The van der Waals surface area contributed by atoms with Crippen LogP contribution in [0, 0.1) is 12.8 Å². The molecule has 0 saturated carbocycles. The highest BCUT2D eigenvalue weighted by Gasteiger charge is 2.25. The quantitative estimate of drug-likeness (QED) is 0.838. The molecule has 0 radical (unpaired) electrons. The Bertz CT molecular complexity index is 874. The monoisotopic (exact) mass is 399 g/mol. The molecule has 1 saturated heterocycles. The van der Waals surface area contributed by atoms with E-state index >= 15 is 0 Å². The Morgan fingerprint density at radius 2 is 1.71 bits per heavy atom. The Hall–Kier alpha value is -2.53. The van der Waals surface area contributed by atoms with Gasteiger partial charge in [0, 0.05) is 37.7 Å². The summed E-state index contributed by atoms with van der Waals surface area (Å²) in [5.74, 6) is 0.00339. The van der Waals surface area contributed by atoms with Crippen LogP contribution >= 0.6 is 11.6 Å². The van der Waals surface area contributed by atoms with E-state index in [1.165, 1.54) is 0 Å². The summed E-state index contributed by atoms with van der Waals surface area (Å²) >= 11 is 6.49. The zero-order chi connectivity index (χ0) is 20.3. The standard InChI is InChI=1S/C22H26ClN3O2/c1-15(2)22(28)26-12-10-25(11-13-26)20-18(23)8-5-9-19(20)24-21(27)17-7-4-6-16(3)14-17/h4-9,14-15H,10-13H2,1-3H3,(H,24,27). The molecule has 2 aromatic carbocycles. The lowest BCUT2D eigenvalue weighted by Crippen LogP contribution is -2.50. The van der Waals surface area contributed by atoms with Gasteiger partial charge < -0.3 is 15.1 Å². The second-order valence-corrected chi connectivity index (χ2v) is 7.83. The van der Waals surface area contributed by atoms with Gasteiger partial charge in [0.25, 0.3) is 5.91 Å². The van der Waals surface area contributed by atoms with E-state index in [1.54, 1.807) is 6.07 Å². The third-order valence-corrected chi connectivity index (χ3v) is 5.22. The van der Waals surface area contributed by atoms with Crippen molar-refractivity contribution in [2.75, 3.05) is 36.4 Å². The molecule has 0 unspecified atom stereocenters. The van der Waals surface area contributed by atoms with Crippen molar-refractivity contribution in [3.63, 3.8) is 0 Å². The van der Waals surface area contributed by atoms with Gasteiger partial charge in [-0.15, -0.1) is 0 Å². The van der Waals surface area contributed by atoms with E-state index in [4.69, 9.17) is 11.6 Å². The predicted molar refractivity (Wildman–Crippen MR) is 114 cm³/mol. The number of anilines is 2. The Labute approximate surface area is 171 Å². The van der Waals surface area contributed by atoms with Crippen molar-refractivity contribution >= 4 is 34.8 Å². The molecule has 0 atom stereocenters. The van der Waals surface area contributed by atoms with E-state index < -0.39 is 0 Å². The van der Waals surface area contributed by atoms with Crippen LogP contribution in [0.5, 0.6) is 0 Å². The maximum atomic E-state index is 12.7. The zero-order valence-corrected chi connectivity index (χ0v) is 17.3. The first-order chi connectivity index (χ1) is 13.4. The van der Waals surface area contributed by atoms with Crippen LogP contribution in [0.2, 0.25) is 5.02 Å². The van der Waals surface area contributed by atoms with Gasteiger partial charge in [-0.2, -0.15) is 0 Å². The van der Waals surface area contributed by atoms with Crippen LogP contribution in [-0.2, 0) is 4.79 Å². The van der Waals surface area contributed by atoms with Gasteiger partial charge in [0.1, 0.15) is 0 Å². The first-order valence-corrected chi connectivity index (χ1v) is 9.95. The van der Waals surface area contributed by atoms with Crippen LogP contribution in [-0.4, -0.2) is 42.9 Å². The number of carbonyl (C=O) groups excluding carboxylic acids is 2. The lowest BCUT2D eigenvalue weighted by atomic mass is 10.1. The molecule has 1 N–H and O–H groups in total. The number of amides is 2. The molecule has 28 heavy (non-hydrogen) atoms. The SMILES string of the molecule is Cc1cccc(C(=O)Nc2cccc(Cl)c2N2CCN(C(=O)C(C)C)CC2)c1. The summed E-state index contributed by atoms with van der Waals surface area (Å²) in [4.78, 5) is 29.0. The number of piperazine rings is 1. The fourth-order valence-corrected chi connectivity index (χ4v) is 3.73. The number of aryl methyl sites for hydroxylation is 1. The van der Waals surface area contributed by atoms with Gasteiger partial charge in [-0.1, -0.05) is 49.2 Å². The Morgan fingerprint density at radius 3 is 2.36 bits per heavy atom. The maximum absolute atomic E-state index is 12.7. The van der Waals surface area contributed by atoms with Crippen LogP contribution in [0.3, 0.4) is 0 Å². The van der Waals surface area contributed by atoms with Gasteiger partial charge in [-0.05, 0) is 31.2 Å². The number of hydrogen-bond donors (Lipinski definition) is 1. The van der Waals surface area contributed by atoms with Crippen molar-refractivity contribution in [2.24, 2.45) is 5.92 Å². The molecular weight excluding hydrogens is 374 g/mol. The molecule has 5 nitrogen and oxygen atoms in total. The second-order valence-electron chi connectivity index (χ2n) is 7.43. The highest BCUT2D eigenvalue weighted by molar-refractivity contribution is 6.34. The third kappa shape index (κ3) is 4.47. The summed E-state index contributed by atoms with van der Waals surface area (Å²) in [6.07, 6.45) is 0. The summed E-state index contributed by atoms with van der Waals surface area (Å²) in [5.41, 5.74) is 3.13. The van der Waals surface area contributed by atoms with Crippen molar-refractivity contribution in [1.82, 2.24) is 4.90 Å². The minimum atomic E-state index is -0.166. The van der Waals surface area contributed by atoms with E-state index in [0.29, 0.717) is 42.5 Å². The molecule has 3 rings (SSSR count). The molecule has 1 aliphatic rings. The average molecular weight is 400 g/mol. The van der Waals surface area contributed by atoms with Crippen molar-refractivity contribution in [3.8, 4) is 0 Å². The van der Waals surface area contributed by atoms with E-state index in [-0.39, 0.29) is 17.7 Å². The van der Waals surface area contributed by atoms with Crippen LogP contribution in [0.25, 0.3) is 0 Å². The minimum Gasteiger partial charge on any atom is -0.365 e. The van der Waals surface area contributed by atoms with Gasteiger partial charge in [-0.25, -0.2) is 0 Å². The predicted octanol–water partition coefficient (Wildman–Crippen LogP) is 4.21. The largest absolute Gasteiger partial charge is 0.365 e. The van der Waals surface area contributed by atoms with Crippen LogP contribution in [0.1, 0.15) is 29.8 Å². The van der Waals surface area contributed by atoms with Gasteiger partial charge >= 0.3 is 0 Å². The third-order valence-electron chi connectivity index (χ3n) is 4.92. The van der Waals surface area contributed by atoms with Crippen LogP contribution in [0.4, 0.5) is 11.4 Å². The number of benzene rings is 2. The highest BCUT2D eigenvalue weighted by Crippen LogP contribution is 2.35. The van der Waals surface area contributed by atoms with E-state index in [0.717, 1.165) is 11.3 Å². The van der Waals surface area contributed by atoms with Gasteiger partial charge in [0.15, 0.2) is 0 Å². The normalized spacial score (nSPS) is 14.3. The fraction of sp³-hybridized carbons (Fsp3) is 0.364. The smallest absolute Gasteiger partial charge is 0.255 e. The molecule has 1 aliphatic heterocycles. The van der Waals surface area contributed by atoms with E-state index in [1.807, 2.05) is 62.1 Å². The maximum Gasteiger partial charge on any atom is 0.255 e. The number of para-hydroxylation sites is 1.